The third-order valence-electron chi connectivity index (χ3n) is 5.79. The summed E-state index contributed by atoms with van der Waals surface area (Å²) >= 11 is 0. The van der Waals surface area contributed by atoms with Crippen molar-refractivity contribution in [2.75, 3.05) is 39.3 Å². The van der Waals surface area contributed by atoms with Crippen LogP contribution in [-0.4, -0.2) is 69.8 Å². The summed E-state index contributed by atoms with van der Waals surface area (Å²) in [6, 6.07) is 10.5. The minimum Gasteiger partial charge on any atom is -0.357 e. The lowest BCUT2D eigenvalue weighted by Crippen LogP contribution is -2.52. The molecule has 0 saturated carbocycles. The Morgan fingerprint density at radius 2 is 1.87 bits per heavy atom. The number of aryl methyl sites for hydroxylation is 1. The van der Waals surface area contributed by atoms with Crippen molar-refractivity contribution in [3.05, 3.63) is 53.6 Å². The molecule has 0 aliphatic carbocycles. The zero-order valence-corrected chi connectivity index (χ0v) is 20.7. The monoisotopic (exact) mass is 535 g/mol. The Labute approximate surface area is 202 Å². The molecule has 31 heavy (non-hydrogen) atoms. The van der Waals surface area contributed by atoms with Gasteiger partial charge in [0.15, 0.2) is 11.8 Å². The van der Waals surface area contributed by atoms with Gasteiger partial charge in [-0.1, -0.05) is 42.5 Å². The number of halogens is 1. The predicted octanol–water partition coefficient (Wildman–Crippen LogP) is 3.03. The predicted molar refractivity (Wildman–Crippen MR) is 137 cm³/mol. The second kappa shape index (κ2) is 12.2. The van der Waals surface area contributed by atoms with E-state index in [0.717, 1.165) is 69.8 Å². The highest BCUT2D eigenvalue weighted by molar-refractivity contribution is 14.0. The maximum atomic E-state index is 4.89. The van der Waals surface area contributed by atoms with Crippen molar-refractivity contribution in [2.45, 2.75) is 39.3 Å². The third-order valence-corrected chi connectivity index (χ3v) is 5.79. The van der Waals surface area contributed by atoms with Gasteiger partial charge in [-0.05, 0) is 25.3 Å². The highest BCUT2D eigenvalue weighted by Gasteiger charge is 2.20. The van der Waals surface area contributed by atoms with Crippen molar-refractivity contribution in [1.29, 1.82) is 0 Å². The quantitative estimate of drug-likeness (QED) is 0.350. The van der Waals surface area contributed by atoms with E-state index in [0.29, 0.717) is 6.54 Å². The lowest BCUT2D eigenvalue weighted by molar-refractivity contribution is 0.194. The maximum Gasteiger partial charge on any atom is 0.194 e. The van der Waals surface area contributed by atoms with Crippen LogP contribution in [-0.2, 0) is 19.5 Å². The molecule has 0 bridgehead atoms. The zero-order chi connectivity index (χ0) is 20.6. The summed E-state index contributed by atoms with van der Waals surface area (Å²) in [6.45, 7) is 9.67. The molecule has 1 aromatic heterocycles. The molecule has 2 aromatic rings. The molecular formula is C23H34IN7. The van der Waals surface area contributed by atoms with Crippen LogP contribution < -0.4 is 5.32 Å². The average Bonchev–Trinajstić information content (AvgIpc) is 3.21. The number of piperazine rings is 1. The molecule has 2 aliphatic rings. The van der Waals surface area contributed by atoms with Crippen LogP contribution in [0.15, 0.2) is 41.4 Å². The van der Waals surface area contributed by atoms with Gasteiger partial charge in [-0.3, -0.25) is 4.90 Å². The highest BCUT2D eigenvalue weighted by atomic mass is 127. The summed E-state index contributed by atoms with van der Waals surface area (Å²) in [4.78, 5) is 9.75. The van der Waals surface area contributed by atoms with Crippen LogP contribution in [0.25, 0.3) is 6.08 Å². The van der Waals surface area contributed by atoms with E-state index in [1.165, 1.54) is 18.4 Å². The van der Waals surface area contributed by atoms with Gasteiger partial charge < -0.3 is 14.8 Å². The van der Waals surface area contributed by atoms with E-state index >= 15 is 0 Å². The molecular weight excluding hydrogens is 501 g/mol. The van der Waals surface area contributed by atoms with Crippen molar-refractivity contribution in [1.82, 2.24) is 29.9 Å². The number of nitrogens with one attached hydrogen (secondary N) is 1. The molecule has 8 heteroatoms. The molecule has 0 radical (unpaired) electrons. The number of fused-ring (bicyclic) bond motifs is 1. The fraction of sp³-hybridized carbons (Fsp3) is 0.522. The van der Waals surface area contributed by atoms with Gasteiger partial charge in [-0.25, -0.2) is 4.99 Å². The lowest BCUT2D eigenvalue weighted by atomic mass is 10.2. The fourth-order valence-electron chi connectivity index (χ4n) is 4.10. The van der Waals surface area contributed by atoms with Gasteiger partial charge in [0.05, 0.1) is 0 Å². The van der Waals surface area contributed by atoms with Gasteiger partial charge in [0.2, 0.25) is 0 Å². The molecule has 4 rings (SSSR count). The minimum absolute atomic E-state index is 0. The molecule has 0 atom stereocenters. The largest absolute Gasteiger partial charge is 0.357 e. The first-order valence-corrected chi connectivity index (χ1v) is 11.2. The summed E-state index contributed by atoms with van der Waals surface area (Å²) in [6.07, 6.45) is 7.94. The Morgan fingerprint density at radius 1 is 1.06 bits per heavy atom. The molecule has 3 heterocycles. The van der Waals surface area contributed by atoms with E-state index in [-0.39, 0.29) is 24.0 Å². The first kappa shape index (κ1) is 23.7. The number of aliphatic imine (C=N–C) groups is 1. The second-order valence-corrected chi connectivity index (χ2v) is 7.91. The molecule has 0 spiro atoms. The molecule has 0 amide bonds. The number of hydrogen-bond acceptors (Lipinski definition) is 4. The smallest absolute Gasteiger partial charge is 0.194 e. The van der Waals surface area contributed by atoms with E-state index in [4.69, 9.17) is 4.99 Å². The van der Waals surface area contributed by atoms with Crippen LogP contribution in [0.4, 0.5) is 0 Å². The van der Waals surface area contributed by atoms with Gasteiger partial charge in [-0.2, -0.15) is 0 Å². The Hall–Kier alpha value is -1.94. The number of nitrogens with zero attached hydrogens (tertiary/aromatic N) is 6. The number of guanidine groups is 1. The molecule has 2 aliphatic heterocycles. The Bertz CT molecular complexity index is 854. The average molecular weight is 535 g/mol. The number of aromatic nitrogens is 3. The molecule has 0 unspecified atom stereocenters. The van der Waals surface area contributed by atoms with Crippen LogP contribution >= 0.6 is 24.0 Å². The van der Waals surface area contributed by atoms with Crippen molar-refractivity contribution < 1.29 is 0 Å². The summed E-state index contributed by atoms with van der Waals surface area (Å²) in [7, 11) is 0. The molecule has 1 N–H and O–H groups in total. The van der Waals surface area contributed by atoms with Crippen molar-refractivity contribution in [3.63, 3.8) is 0 Å². The summed E-state index contributed by atoms with van der Waals surface area (Å²) in [5.41, 5.74) is 1.26. The van der Waals surface area contributed by atoms with E-state index < -0.39 is 0 Å². The van der Waals surface area contributed by atoms with Crippen molar-refractivity contribution in [2.24, 2.45) is 4.99 Å². The van der Waals surface area contributed by atoms with Crippen LogP contribution in [0, 0.1) is 0 Å². The van der Waals surface area contributed by atoms with Gasteiger partial charge >= 0.3 is 0 Å². The van der Waals surface area contributed by atoms with E-state index in [1.54, 1.807) is 0 Å². The lowest BCUT2D eigenvalue weighted by Gasteiger charge is -2.36. The topological polar surface area (TPSA) is 61.6 Å². The van der Waals surface area contributed by atoms with Crippen LogP contribution in [0.3, 0.4) is 0 Å². The van der Waals surface area contributed by atoms with Crippen LogP contribution in [0.2, 0.25) is 0 Å². The summed E-state index contributed by atoms with van der Waals surface area (Å²) in [5, 5.41) is 12.2. The van der Waals surface area contributed by atoms with Gasteiger partial charge in [0, 0.05) is 52.2 Å². The van der Waals surface area contributed by atoms with Gasteiger partial charge in [0.1, 0.15) is 12.4 Å². The Kier molecular flexibility index (Phi) is 9.32. The number of benzene rings is 1. The highest BCUT2D eigenvalue weighted by Crippen LogP contribution is 2.15. The van der Waals surface area contributed by atoms with E-state index in [1.807, 2.05) is 0 Å². The van der Waals surface area contributed by atoms with Gasteiger partial charge in [-0.15, -0.1) is 34.2 Å². The number of rotatable bonds is 6. The Balaban J connectivity index is 0.00000272. The van der Waals surface area contributed by atoms with Gasteiger partial charge in [0.25, 0.3) is 0 Å². The first-order valence-electron chi connectivity index (χ1n) is 11.2. The first-order chi connectivity index (χ1) is 14.8. The Morgan fingerprint density at radius 3 is 2.65 bits per heavy atom. The number of hydrogen-bond donors (Lipinski definition) is 1. The summed E-state index contributed by atoms with van der Waals surface area (Å²) in [5.74, 6) is 3.10. The molecule has 1 saturated heterocycles. The van der Waals surface area contributed by atoms with E-state index in [2.05, 4.69) is 79.3 Å². The zero-order valence-electron chi connectivity index (χ0n) is 18.4. The van der Waals surface area contributed by atoms with E-state index in [9.17, 15) is 0 Å². The summed E-state index contributed by atoms with van der Waals surface area (Å²) < 4.78 is 2.26. The SMILES string of the molecule is CCNC(=NCc1nnc2n1CCCC2)N1CCN(C/C=C/c2ccccc2)CC1.I. The molecule has 1 fully saturated rings. The second-order valence-electron chi connectivity index (χ2n) is 7.91. The third kappa shape index (κ3) is 6.52. The normalized spacial score (nSPS) is 17.5. The van der Waals surface area contributed by atoms with Crippen LogP contribution in [0.5, 0.6) is 0 Å². The van der Waals surface area contributed by atoms with Crippen molar-refractivity contribution in [3.8, 4) is 0 Å². The van der Waals surface area contributed by atoms with Crippen LogP contribution in [0.1, 0.15) is 37.0 Å². The molecule has 168 valence electrons. The minimum atomic E-state index is 0. The fourth-order valence-corrected chi connectivity index (χ4v) is 4.10. The standard InChI is InChI=1S/C23H33N7.HI/c1-2-24-23(25-19-22-27-26-21-12-6-7-14-30(21)22)29-17-15-28(16-18-29)13-8-11-20-9-4-3-5-10-20;/h3-5,8-11H,2,6-7,12-19H2,1H3,(H,24,25);1H/b11-8+;. The van der Waals surface area contributed by atoms with Crippen molar-refractivity contribution >= 4 is 36.0 Å². The molecule has 7 nitrogen and oxygen atoms in total. The molecule has 1 aromatic carbocycles. The maximum absolute atomic E-state index is 4.89.